The molecule has 0 radical (unpaired) electrons. The topological polar surface area (TPSA) is 53.8 Å². The predicted molar refractivity (Wildman–Crippen MR) is 139 cm³/mol. The summed E-state index contributed by atoms with van der Waals surface area (Å²) in [6.07, 6.45) is 7.19. The van der Waals surface area contributed by atoms with E-state index in [0.717, 1.165) is 47.2 Å². The van der Waals surface area contributed by atoms with Gasteiger partial charge in [0.25, 0.3) is 5.91 Å². The van der Waals surface area contributed by atoms with Crippen molar-refractivity contribution >= 4 is 23.4 Å². The van der Waals surface area contributed by atoms with E-state index in [9.17, 15) is 4.79 Å². The van der Waals surface area contributed by atoms with Crippen LogP contribution < -0.4 is 5.32 Å². The van der Waals surface area contributed by atoms with Crippen molar-refractivity contribution in [2.45, 2.75) is 60.3 Å². The van der Waals surface area contributed by atoms with Crippen molar-refractivity contribution in [1.29, 1.82) is 0 Å². The first kappa shape index (κ1) is 24.4. The Morgan fingerprint density at radius 1 is 1.30 bits per heavy atom. The standard InChI is InChI=1S/C29H35N3O/c1-7-20(4)11-10-14-30-29(33)27-17-26-28(32-27)25(16-21(5)18-31-26)22(6)24-13-9-8-12-23(24)15-19(2)3/h7-9,12-13,18-19H,6,10-11,14-15,17H2,1-5H3,(H,30,33)/b20-7-. The zero-order valence-electron chi connectivity index (χ0n) is 20.6. The van der Waals surface area contributed by atoms with Gasteiger partial charge in [0.1, 0.15) is 11.4 Å². The van der Waals surface area contributed by atoms with Gasteiger partial charge in [0.15, 0.2) is 0 Å². The van der Waals surface area contributed by atoms with E-state index < -0.39 is 0 Å². The number of benzene rings is 1. The van der Waals surface area contributed by atoms with E-state index in [0.29, 0.717) is 30.3 Å². The summed E-state index contributed by atoms with van der Waals surface area (Å²) in [7, 11) is 0. The molecule has 172 valence electrons. The third-order valence-corrected chi connectivity index (χ3v) is 5.89. The first-order valence-electron chi connectivity index (χ1n) is 11.8. The Bertz CT molecular complexity index is 1140. The largest absolute Gasteiger partial charge is 0.351 e. The maximum atomic E-state index is 12.8. The molecule has 3 rings (SSSR count). The lowest BCUT2D eigenvalue weighted by atomic mass is 9.89. The van der Waals surface area contributed by atoms with Gasteiger partial charge in [-0.1, -0.05) is 56.3 Å². The number of rotatable bonds is 9. The fourth-order valence-corrected chi connectivity index (χ4v) is 3.98. The van der Waals surface area contributed by atoms with Gasteiger partial charge >= 0.3 is 0 Å². The van der Waals surface area contributed by atoms with Crippen LogP contribution in [0.25, 0.3) is 5.57 Å². The minimum Gasteiger partial charge on any atom is -0.351 e. The summed E-state index contributed by atoms with van der Waals surface area (Å²) in [6, 6.07) is 8.37. The van der Waals surface area contributed by atoms with E-state index >= 15 is 0 Å². The Labute approximate surface area is 198 Å². The van der Waals surface area contributed by atoms with Crippen LogP contribution in [-0.4, -0.2) is 24.4 Å². The lowest BCUT2D eigenvalue weighted by Crippen LogP contribution is -2.31. The van der Waals surface area contributed by atoms with Crippen LogP contribution in [0.4, 0.5) is 0 Å². The van der Waals surface area contributed by atoms with Gasteiger partial charge < -0.3 is 5.32 Å². The maximum absolute atomic E-state index is 12.8. The number of allylic oxidation sites excluding steroid dienone is 4. The molecular formula is C29H35N3O. The molecule has 0 fully saturated rings. The highest BCUT2D eigenvalue weighted by molar-refractivity contribution is 6.40. The van der Waals surface area contributed by atoms with Crippen LogP contribution in [0.2, 0.25) is 0 Å². The Balaban J connectivity index is 1.84. The molecule has 4 nitrogen and oxygen atoms in total. The third kappa shape index (κ3) is 6.18. The summed E-state index contributed by atoms with van der Waals surface area (Å²) in [5, 5.41) is 3.01. The first-order valence-corrected chi connectivity index (χ1v) is 11.8. The van der Waals surface area contributed by atoms with Crippen LogP contribution in [0.15, 0.2) is 80.7 Å². The number of amides is 1. The summed E-state index contributed by atoms with van der Waals surface area (Å²) >= 11 is 0. The van der Waals surface area contributed by atoms with Crippen molar-refractivity contribution in [2.75, 3.05) is 6.54 Å². The van der Waals surface area contributed by atoms with Gasteiger partial charge in [0.2, 0.25) is 0 Å². The van der Waals surface area contributed by atoms with Crippen LogP contribution >= 0.6 is 0 Å². The Morgan fingerprint density at radius 2 is 2.06 bits per heavy atom. The summed E-state index contributed by atoms with van der Waals surface area (Å²) < 4.78 is 0. The molecule has 33 heavy (non-hydrogen) atoms. The van der Waals surface area contributed by atoms with Crippen molar-refractivity contribution in [1.82, 2.24) is 5.32 Å². The fourth-order valence-electron chi connectivity index (χ4n) is 3.98. The van der Waals surface area contributed by atoms with Crippen molar-refractivity contribution in [3.63, 3.8) is 0 Å². The van der Waals surface area contributed by atoms with Crippen molar-refractivity contribution in [3.05, 3.63) is 81.9 Å². The lowest BCUT2D eigenvalue weighted by molar-refractivity contribution is -0.114. The van der Waals surface area contributed by atoms with Gasteiger partial charge in [-0.15, -0.1) is 5.73 Å². The molecule has 4 heteroatoms. The molecule has 2 aliphatic heterocycles. The molecule has 0 aromatic heterocycles. The fraction of sp³-hybridized carbons (Fsp3) is 0.379. The Kier molecular flexibility index (Phi) is 8.19. The third-order valence-electron chi connectivity index (χ3n) is 5.89. The van der Waals surface area contributed by atoms with Gasteiger partial charge in [0, 0.05) is 24.8 Å². The second-order valence-corrected chi connectivity index (χ2v) is 9.20. The monoisotopic (exact) mass is 441 g/mol. The number of hydrogen-bond acceptors (Lipinski definition) is 3. The van der Waals surface area contributed by atoms with Crippen LogP contribution in [-0.2, 0) is 11.2 Å². The van der Waals surface area contributed by atoms with E-state index in [1.165, 1.54) is 11.1 Å². The van der Waals surface area contributed by atoms with E-state index in [1.807, 2.05) is 19.9 Å². The number of carbonyl (C=O) groups excluding carboxylic acids is 1. The number of hydrogen-bond donors (Lipinski definition) is 1. The normalized spacial score (nSPS) is 15.7. The van der Waals surface area contributed by atoms with E-state index in [-0.39, 0.29) is 5.91 Å². The summed E-state index contributed by atoms with van der Waals surface area (Å²) in [5.41, 5.74) is 11.8. The molecule has 0 unspecified atom stereocenters. The van der Waals surface area contributed by atoms with Gasteiger partial charge in [-0.3, -0.25) is 9.79 Å². The molecule has 0 saturated carbocycles. The first-order chi connectivity index (χ1) is 15.8. The summed E-state index contributed by atoms with van der Waals surface area (Å²) in [5.74, 6) is 0.413. The van der Waals surface area contributed by atoms with Crippen LogP contribution in [0.1, 0.15) is 65.0 Å². The molecule has 0 spiro atoms. The lowest BCUT2D eigenvalue weighted by Gasteiger charge is -2.15. The predicted octanol–water partition coefficient (Wildman–Crippen LogP) is 6.37. The Hall–Kier alpha value is -3.23. The minimum atomic E-state index is -0.123. The number of aliphatic imine (C=N–C) groups is 2. The van der Waals surface area contributed by atoms with E-state index in [2.05, 4.69) is 67.7 Å². The van der Waals surface area contributed by atoms with Crippen LogP contribution in [0, 0.1) is 5.92 Å². The zero-order valence-corrected chi connectivity index (χ0v) is 20.6. The highest BCUT2D eigenvalue weighted by atomic mass is 16.1. The number of nitrogens with zero attached hydrogens (tertiary/aromatic N) is 2. The van der Waals surface area contributed by atoms with E-state index in [1.54, 1.807) is 6.21 Å². The molecule has 1 amide bonds. The maximum Gasteiger partial charge on any atom is 0.266 e. The van der Waals surface area contributed by atoms with Crippen LogP contribution in [0.3, 0.4) is 0 Å². The minimum absolute atomic E-state index is 0.123. The van der Waals surface area contributed by atoms with Gasteiger partial charge in [-0.05, 0) is 62.7 Å². The smallest absolute Gasteiger partial charge is 0.266 e. The average Bonchev–Trinajstić information content (AvgIpc) is 3.15. The van der Waals surface area contributed by atoms with Gasteiger partial charge in [-0.2, -0.15) is 0 Å². The highest BCUT2D eigenvalue weighted by Crippen LogP contribution is 2.36. The molecule has 0 aliphatic carbocycles. The summed E-state index contributed by atoms with van der Waals surface area (Å²) in [4.78, 5) is 22.1. The molecule has 1 N–H and O–H groups in total. The van der Waals surface area contributed by atoms with Crippen LogP contribution in [0.5, 0.6) is 0 Å². The molecule has 0 bridgehead atoms. The number of carbonyl (C=O) groups is 1. The molecule has 1 aromatic rings. The second kappa shape index (κ2) is 11.1. The van der Waals surface area contributed by atoms with Gasteiger partial charge in [-0.25, -0.2) is 4.99 Å². The Morgan fingerprint density at radius 3 is 2.79 bits per heavy atom. The zero-order chi connectivity index (χ0) is 24.0. The number of nitrogens with one attached hydrogen (secondary N) is 1. The van der Waals surface area contributed by atoms with Crippen molar-refractivity contribution < 1.29 is 4.79 Å². The van der Waals surface area contributed by atoms with Crippen molar-refractivity contribution in [2.24, 2.45) is 15.9 Å². The molecule has 2 heterocycles. The summed E-state index contributed by atoms with van der Waals surface area (Å²) in [6.45, 7) is 15.6. The molecule has 1 aromatic carbocycles. The van der Waals surface area contributed by atoms with E-state index in [4.69, 9.17) is 4.99 Å². The second-order valence-electron chi connectivity index (χ2n) is 9.20. The quantitative estimate of drug-likeness (QED) is 0.270. The van der Waals surface area contributed by atoms with Crippen molar-refractivity contribution in [3.8, 4) is 0 Å². The molecule has 2 aliphatic rings. The van der Waals surface area contributed by atoms with Gasteiger partial charge in [0.05, 0.1) is 11.3 Å². The SMILES string of the molecule is C=C(C1=C=C(C)C=NC2=C1N=C(C(=O)NCCC/C(C)=C\C)C2)c1ccccc1CC(C)C. The highest BCUT2D eigenvalue weighted by Gasteiger charge is 2.27. The molecule has 0 atom stereocenters. The molecular weight excluding hydrogens is 406 g/mol. The molecule has 0 saturated heterocycles. The average molecular weight is 442 g/mol.